The van der Waals surface area contributed by atoms with Gasteiger partial charge in [-0.15, -0.1) is 0 Å². The van der Waals surface area contributed by atoms with Crippen LogP contribution in [0.1, 0.15) is 25.0 Å². The summed E-state index contributed by atoms with van der Waals surface area (Å²) < 4.78 is 5.34. The van der Waals surface area contributed by atoms with Crippen molar-refractivity contribution in [3.8, 4) is 5.75 Å². The van der Waals surface area contributed by atoms with E-state index in [1.165, 1.54) is 11.8 Å². The highest BCUT2D eigenvalue weighted by atomic mass is 32.2. The number of rotatable bonds is 4. The first-order valence-electron chi connectivity index (χ1n) is 10.3. The molecule has 2 heterocycles. The van der Waals surface area contributed by atoms with Crippen molar-refractivity contribution in [2.75, 3.05) is 17.1 Å². The quantitative estimate of drug-likeness (QED) is 0.555. The van der Waals surface area contributed by atoms with E-state index < -0.39 is 4.99 Å². The van der Waals surface area contributed by atoms with Gasteiger partial charge in [-0.1, -0.05) is 42.5 Å². The van der Waals surface area contributed by atoms with Crippen LogP contribution in [0.5, 0.6) is 5.75 Å². The van der Waals surface area contributed by atoms with E-state index in [1.807, 2.05) is 83.7 Å². The molecule has 0 saturated carbocycles. The molecule has 6 nitrogen and oxygen atoms in total. The summed E-state index contributed by atoms with van der Waals surface area (Å²) in [6.07, 6.45) is 0. The van der Waals surface area contributed by atoms with E-state index in [9.17, 15) is 4.79 Å². The number of nitrogens with zero attached hydrogens (tertiary/aromatic N) is 4. The zero-order valence-corrected chi connectivity index (χ0v) is 18.8. The maximum Gasteiger partial charge on any atom is 0.234 e. The van der Waals surface area contributed by atoms with E-state index >= 15 is 0 Å². The molecular formula is C25H22N4O2S. The second kappa shape index (κ2) is 7.84. The number of anilines is 2. The van der Waals surface area contributed by atoms with Gasteiger partial charge in [0.2, 0.25) is 4.99 Å². The summed E-state index contributed by atoms with van der Waals surface area (Å²) in [4.78, 5) is 11.6. The third kappa shape index (κ3) is 3.08. The number of hydrazone groups is 2. The number of carbonyl (C=O) groups excluding carboxylic acids is 1. The van der Waals surface area contributed by atoms with Gasteiger partial charge >= 0.3 is 0 Å². The lowest BCUT2D eigenvalue weighted by atomic mass is 9.98. The van der Waals surface area contributed by atoms with Crippen LogP contribution in [0.2, 0.25) is 0 Å². The number of thioether (sulfide) groups is 1. The Bertz CT molecular complexity index is 1240. The molecule has 0 amide bonds. The number of ether oxygens (including phenoxy) is 1. The van der Waals surface area contributed by atoms with Gasteiger partial charge in [0.1, 0.15) is 5.75 Å². The monoisotopic (exact) mass is 442 g/mol. The number of ketones is 1. The third-order valence-corrected chi connectivity index (χ3v) is 6.95. The summed E-state index contributed by atoms with van der Waals surface area (Å²) >= 11 is 1.42. The molecule has 2 aliphatic heterocycles. The molecule has 1 atom stereocenters. The van der Waals surface area contributed by atoms with Crippen LogP contribution in [-0.4, -0.2) is 23.6 Å². The highest BCUT2D eigenvalue weighted by molar-refractivity contribution is 8.17. The van der Waals surface area contributed by atoms with Gasteiger partial charge in [-0.3, -0.25) is 4.79 Å². The van der Waals surface area contributed by atoms with Gasteiger partial charge in [0, 0.05) is 18.1 Å². The van der Waals surface area contributed by atoms with Crippen molar-refractivity contribution in [1.82, 2.24) is 0 Å². The van der Waals surface area contributed by atoms with Crippen molar-refractivity contribution in [3.05, 3.63) is 90.0 Å². The maximum atomic E-state index is 12.5. The fraction of sp³-hybridized carbons (Fsp3) is 0.160. The number of methoxy groups -OCH3 is 1. The van der Waals surface area contributed by atoms with Crippen molar-refractivity contribution in [3.63, 3.8) is 0 Å². The minimum absolute atomic E-state index is 0.0813. The molecule has 0 aliphatic carbocycles. The highest BCUT2D eigenvalue weighted by Gasteiger charge is 2.55. The summed E-state index contributed by atoms with van der Waals surface area (Å²) in [6.45, 7) is 3.55. The zero-order valence-electron chi connectivity index (χ0n) is 18.0. The number of carbonyl (C=O) groups is 1. The fourth-order valence-corrected chi connectivity index (χ4v) is 5.32. The van der Waals surface area contributed by atoms with Crippen molar-refractivity contribution in [2.45, 2.75) is 18.8 Å². The summed E-state index contributed by atoms with van der Waals surface area (Å²) in [5, 5.41) is 14.1. The van der Waals surface area contributed by atoms with Crippen LogP contribution in [0.3, 0.4) is 0 Å². The van der Waals surface area contributed by atoms with E-state index in [-0.39, 0.29) is 5.78 Å². The third-order valence-electron chi connectivity index (χ3n) is 5.54. The second-order valence-electron chi connectivity index (χ2n) is 7.56. The number of hydrogen-bond acceptors (Lipinski definition) is 7. The van der Waals surface area contributed by atoms with E-state index in [0.717, 1.165) is 34.0 Å². The molecule has 0 aromatic heterocycles. The zero-order chi connectivity index (χ0) is 22.3. The Kier molecular flexibility index (Phi) is 4.98. The van der Waals surface area contributed by atoms with Crippen molar-refractivity contribution in [2.24, 2.45) is 10.2 Å². The number of para-hydroxylation sites is 1. The van der Waals surface area contributed by atoms with E-state index in [0.29, 0.717) is 5.04 Å². The molecule has 0 bridgehead atoms. The van der Waals surface area contributed by atoms with E-state index in [1.54, 1.807) is 14.0 Å². The highest BCUT2D eigenvalue weighted by Crippen LogP contribution is 2.54. The smallest absolute Gasteiger partial charge is 0.234 e. The summed E-state index contributed by atoms with van der Waals surface area (Å²) in [7, 11) is 1.64. The Morgan fingerprint density at radius 1 is 0.875 bits per heavy atom. The number of fused-ring (bicyclic) bond motifs is 2. The Labute approximate surface area is 191 Å². The summed E-state index contributed by atoms with van der Waals surface area (Å²) in [5.41, 5.74) is 4.71. The Hall–Kier alpha value is -3.58. The van der Waals surface area contributed by atoms with Gasteiger partial charge in [-0.05, 0) is 55.1 Å². The minimum Gasteiger partial charge on any atom is -0.497 e. The summed E-state index contributed by atoms with van der Waals surface area (Å²) in [5.74, 6) is 0.672. The van der Waals surface area contributed by atoms with Crippen LogP contribution >= 0.6 is 11.8 Å². The average molecular weight is 443 g/mol. The SMILES string of the molecule is COc1ccc(N2N=C(C(C)=O)SC23c2ccccc2C(C)=NN3c2ccccc2)cc1. The molecule has 1 spiro atoms. The van der Waals surface area contributed by atoms with Crippen molar-refractivity contribution in [1.29, 1.82) is 0 Å². The first-order chi connectivity index (χ1) is 15.5. The van der Waals surface area contributed by atoms with Gasteiger partial charge in [0.05, 0.1) is 24.2 Å². The van der Waals surface area contributed by atoms with Gasteiger partial charge < -0.3 is 4.74 Å². The number of benzene rings is 3. The molecule has 3 aromatic rings. The first-order valence-corrected chi connectivity index (χ1v) is 11.1. The van der Waals surface area contributed by atoms with Crippen LogP contribution in [0.25, 0.3) is 0 Å². The lowest BCUT2D eigenvalue weighted by Gasteiger charge is -2.46. The molecule has 3 aromatic carbocycles. The second-order valence-corrected chi connectivity index (χ2v) is 8.72. The minimum atomic E-state index is -0.896. The molecule has 0 fully saturated rings. The lowest BCUT2D eigenvalue weighted by molar-refractivity contribution is -0.110. The predicted molar refractivity (Wildman–Crippen MR) is 130 cm³/mol. The molecule has 2 aliphatic rings. The molecule has 1 unspecified atom stereocenters. The van der Waals surface area contributed by atoms with E-state index in [2.05, 4.69) is 12.1 Å². The van der Waals surface area contributed by atoms with Gasteiger partial charge in [-0.25, -0.2) is 10.0 Å². The molecule has 5 rings (SSSR count). The summed E-state index contributed by atoms with van der Waals surface area (Å²) in [6, 6.07) is 25.8. The number of hydrogen-bond donors (Lipinski definition) is 0. The normalized spacial score (nSPS) is 19.5. The Balaban J connectivity index is 1.79. The largest absolute Gasteiger partial charge is 0.497 e. The molecule has 32 heavy (non-hydrogen) atoms. The van der Waals surface area contributed by atoms with E-state index in [4.69, 9.17) is 14.9 Å². The first kappa shape index (κ1) is 20.3. The van der Waals surface area contributed by atoms with Crippen LogP contribution in [0.4, 0.5) is 11.4 Å². The topological polar surface area (TPSA) is 57.5 Å². The van der Waals surface area contributed by atoms with Crippen molar-refractivity contribution < 1.29 is 9.53 Å². The lowest BCUT2D eigenvalue weighted by Crippen LogP contribution is -2.53. The van der Waals surface area contributed by atoms with Gasteiger partial charge in [-0.2, -0.15) is 10.2 Å². The fourth-order valence-electron chi connectivity index (χ4n) is 4.03. The van der Waals surface area contributed by atoms with Gasteiger partial charge in [0.25, 0.3) is 0 Å². The molecule has 160 valence electrons. The molecule has 0 radical (unpaired) electrons. The predicted octanol–water partition coefficient (Wildman–Crippen LogP) is 5.21. The average Bonchev–Trinajstić information content (AvgIpc) is 3.24. The maximum absolute atomic E-state index is 12.5. The standard InChI is InChI=1S/C25H22N4O2S/c1-17-22-11-7-8-12-23(22)25(28(26-17)19-9-5-4-6-10-19)29(27-24(32-25)18(2)30)20-13-15-21(31-3)16-14-20/h4-16H,1-3H3. The van der Waals surface area contributed by atoms with Crippen LogP contribution in [-0.2, 0) is 9.79 Å². The number of Topliss-reactive ketones (excluding diaryl/α,β-unsaturated/α-hetero) is 1. The Morgan fingerprint density at radius 2 is 1.50 bits per heavy atom. The molecule has 7 heteroatoms. The Morgan fingerprint density at radius 3 is 2.19 bits per heavy atom. The van der Waals surface area contributed by atoms with Crippen LogP contribution < -0.4 is 14.8 Å². The van der Waals surface area contributed by atoms with Crippen LogP contribution in [0, 0.1) is 0 Å². The van der Waals surface area contributed by atoms with Crippen molar-refractivity contribution >= 4 is 39.7 Å². The molecule has 0 saturated heterocycles. The molecule has 0 N–H and O–H groups in total. The van der Waals surface area contributed by atoms with Crippen LogP contribution in [0.15, 0.2) is 89.1 Å². The van der Waals surface area contributed by atoms with Gasteiger partial charge in [0.15, 0.2) is 10.8 Å². The molecular weight excluding hydrogens is 420 g/mol.